The number of carbonyl (C=O) groups excluding carboxylic acids is 1. The highest BCUT2D eigenvalue weighted by atomic mass is 16.5. The lowest BCUT2D eigenvalue weighted by Crippen LogP contribution is -2.56. The van der Waals surface area contributed by atoms with Gasteiger partial charge in [0.05, 0.1) is 0 Å². The Hall–Kier alpha value is -2.74. The largest absolute Gasteiger partial charge is 0.479 e. The summed E-state index contributed by atoms with van der Waals surface area (Å²) in [6, 6.07) is 15.8. The highest BCUT2D eigenvalue weighted by Crippen LogP contribution is 2.44. The van der Waals surface area contributed by atoms with Crippen LogP contribution in [0.2, 0.25) is 0 Å². The quantitative estimate of drug-likeness (QED) is 0.459. The van der Waals surface area contributed by atoms with Crippen molar-refractivity contribution >= 4 is 11.9 Å². The van der Waals surface area contributed by atoms with E-state index in [-0.39, 0.29) is 25.5 Å². The van der Waals surface area contributed by atoms with Crippen LogP contribution in [0.4, 0.5) is 0 Å². The lowest BCUT2D eigenvalue weighted by molar-refractivity contribution is -0.161. The number of hydrogen-bond acceptors (Lipinski definition) is 6. The number of fused-ring (bicyclic) bond motifs is 3. The molecule has 166 valence electrons. The van der Waals surface area contributed by atoms with E-state index in [9.17, 15) is 14.7 Å². The molecule has 0 radical (unpaired) electrons. The van der Waals surface area contributed by atoms with E-state index >= 15 is 0 Å². The zero-order chi connectivity index (χ0) is 22.3. The Morgan fingerprint density at radius 2 is 1.58 bits per heavy atom. The van der Waals surface area contributed by atoms with Crippen LogP contribution in [0.3, 0.4) is 0 Å². The number of hydrogen-bond donors (Lipinski definition) is 3. The summed E-state index contributed by atoms with van der Waals surface area (Å²) >= 11 is 0. The minimum absolute atomic E-state index is 0.0434. The van der Waals surface area contributed by atoms with Crippen molar-refractivity contribution in [3.8, 4) is 11.1 Å². The van der Waals surface area contributed by atoms with Gasteiger partial charge >= 0.3 is 11.9 Å². The molecule has 0 saturated carbocycles. The Morgan fingerprint density at radius 3 is 2.03 bits per heavy atom. The maximum absolute atomic E-state index is 12.4. The highest BCUT2D eigenvalue weighted by Gasteiger charge is 2.44. The molecule has 1 aliphatic carbocycles. The molecule has 1 heterocycles. The minimum Gasteiger partial charge on any atom is -0.479 e. The molecule has 1 fully saturated rings. The van der Waals surface area contributed by atoms with Crippen LogP contribution >= 0.6 is 0 Å². The van der Waals surface area contributed by atoms with Gasteiger partial charge in [-0.3, -0.25) is 0 Å². The van der Waals surface area contributed by atoms with E-state index in [4.69, 9.17) is 20.9 Å². The Bertz CT molecular complexity index is 859. The fraction of sp³-hybridized carbons (Fsp3) is 0.417. The molecule has 2 aromatic rings. The number of esters is 1. The van der Waals surface area contributed by atoms with Gasteiger partial charge in [-0.2, -0.15) is 0 Å². The average molecular weight is 427 g/mol. The molecule has 1 atom stereocenters. The third-order valence-electron chi connectivity index (χ3n) is 5.69. The van der Waals surface area contributed by atoms with Gasteiger partial charge in [-0.05, 0) is 54.5 Å². The van der Waals surface area contributed by atoms with Gasteiger partial charge in [0, 0.05) is 19.1 Å². The summed E-state index contributed by atoms with van der Waals surface area (Å²) in [6.07, 6.45) is 2.82. The van der Waals surface area contributed by atoms with Crippen molar-refractivity contribution in [2.24, 2.45) is 11.5 Å². The molecule has 0 spiro atoms. The molecule has 2 aromatic carbocycles. The molecule has 5 N–H and O–H groups in total. The molecular formula is C24H30N2O5. The van der Waals surface area contributed by atoms with Crippen LogP contribution in [0.25, 0.3) is 11.1 Å². The Balaban J connectivity index is 0.000000478. The van der Waals surface area contributed by atoms with Crippen molar-refractivity contribution in [1.29, 1.82) is 0 Å². The predicted octanol–water partition coefficient (Wildman–Crippen LogP) is 2.66. The number of carboxylic acid groups (broad SMARTS) is 1. The van der Waals surface area contributed by atoms with Gasteiger partial charge in [0.25, 0.3) is 0 Å². The molecule has 31 heavy (non-hydrogen) atoms. The van der Waals surface area contributed by atoms with Gasteiger partial charge in [0.1, 0.15) is 6.61 Å². The van der Waals surface area contributed by atoms with Crippen molar-refractivity contribution in [2.45, 2.75) is 37.1 Å². The molecular weight excluding hydrogens is 396 g/mol. The normalized spacial score (nSPS) is 16.5. The summed E-state index contributed by atoms with van der Waals surface area (Å²) < 4.78 is 10.3. The van der Waals surface area contributed by atoms with Gasteiger partial charge in [-0.1, -0.05) is 48.5 Å². The molecule has 1 saturated heterocycles. The van der Waals surface area contributed by atoms with Crippen LogP contribution in [-0.2, 0) is 19.1 Å². The van der Waals surface area contributed by atoms with E-state index in [1.165, 1.54) is 12.8 Å². The van der Waals surface area contributed by atoms with E-state index in [0.29, 0.717) is 6.42 Å². The number of benzene rings is 2. The molecule has 0 bridgehead atoms. The van der Waals surface area contributed by atoms with Crippen LogP contribution in [0.15, 0.2) is 48.5 Å². The number of nitrogens with two attached hydrogens (primary N) is 2. The third-order valence-corrected chi connectivity index (χ3v) is 5.69. The SMILES string of the molecule is C1CCOC1.NCCC[C@@](N)(C(=O)O)C(=O)OCC1c2ccccc2-c2ccccc21. The maximum atomic E-state index is 12.4. The maximum Gasteiger partial charge on any atom is 0.337 e. The highest BCUT2D eigenvalue weighted by molar-refractivity contribution is 6.03. The lowest BCUT2D eigenvalue weighted by atomic mass is 9.94. The van der Waals surface area contributed by atoms with Gasteiger partial charge in [-0.25, -0.2) is 9.59 Å². The fourth-order valence-electron chi connectivity index (χ4n) is 3.91. The second-order valence-electron chi connectivity index (χ2n) is 7.81. The first kappa shape index (κ1) is 22.9. The smallest absolute Gasteiger partial charge is 0.337 e. The van der Waals surface area contributed by atoms with E-state index < -0.39 is 17.5 Å². The Kier molecular flexibility index (Phi) is 7.79. The standard InChI is InChI=1S/C20H22N2O4.C4H8O/c21-11-5-10-20(22,18(23)24)19(25)26-12-17-15-8-3-1-6-13(15)14-7-2-4-9-16(14)17;1-2-4-5-3-1/h1-4,6-9,17H,5,10-12,21-22H2,(H,23,24);1-4H2/t20-;/m1./s1. The number of rotatable bonds is 7. The summed E-state index contributed by atoms with van der Waals surface area (Å²) in [5.41, 5.74) is 13.5. The molecule has 7 heteroatoms. The first-order valence-electron chi connectivity index (χ1n) is 10.6. The molecule has 0 aromatic heterocycles. The second kappa shape index (κ2) is 10.5. The monoisotopic (exact) mass is 426 g/mol. The van der Waals surface area contributed by atoms with Gasteiger partial charge < -0.3 is 26.0 Å². The van der Waals surface area contributed by atoms with Gasteiger partial charge in [0.15, 0.2) is 0 Å². The summed E-state index contributed by atoms with van der Waals surface area (Å²) in [7, 11) is 0. The summed E-state index contributed by atoms with van der Waals surface area (Å²) in [6.45, 7) is 2.30. The number of aliphatic carboxylic acids is 1. The van der Waals surface area contributed by atoms with Crippen LogP contribution in [0.5, 0.6) is 0 Å². The van der Waals surface area contributed by atoms with Gasteiger partial charge in [0.2, 0.25) is 5.54 Å². The molecule has 2 aliphatic rings. The minimum atomic E-state index is -2.07. The molecule has 4 rings (SSSR count). The third kappa shape index (κ3) is 5.12. The molecule has 0 amide bonds. The van der Waals surface area contributed by atoms with Crippen LogP contribution in [-0.4, -0.2) is 48.9 Å². The zero-order valence-corrected chi connectivity index (χ0v) is 17.6. The topological polar surface area (TPSA) is 125 Å². The first-order valence-corrected chi connectivity index (χ1v) is 10.6. The number of carbonyl (C=O) groups is 2. The van der Waals surface area contributed by atoms with E-state index in [1.54, 1.807) is 0 Å². The van der Waals surface area contributed by atoms with Gasteiger partial charge in [-0.15, -0.1) is 0 Å². The Morgan fingerprint density at radius 1 is 1.03 bits per heavy atom. The van der Waals surface area contributed by atoms with Crippen molar-refractivity contribution in [2.75, 3.05) is 26.4 Å². The molecule has 1 aliphatic heterocycles. The summed E-state index contributed by atoms with van der Waals surface area (Å²) in [5, 5.41) is 9.37. The van der Waals surface area contributed by atoms with Crippen LogP contribution in [0.1, 0.15) is 42.7 Å². The second-order valence-corrected chi connectivity index (χ2v) is 7.81. The van der Waals surface area contributed by atoms with Crippen LogP contribution in [0, 0.1) is 0 Å². The van der Waals surface area contributed by atoms with E-state index in [1.807, 2.05) is 48.5 Å². The van der Waals surface area contributed by atoms with Crippen molar-refractivity contribution in [3.63, 3.8) is 0 Å². The predicted molar refractivity (Wildman–Crippen MR) is 118 cm³/mol. The van der Waals surface area contributed by atoms with Crippen molar-refractivity contribution < 1.29 is 24.2 Å². The van der Waals surface area contributed by atoms with E-state index in [2.05, 4.69) is 0 Å². The fourth-order valence-corrected chi connectivity index (χ4v) is 3.91. The average Bonchev–Trinajstić information content (AvgIpc) is 3.46. The summed E-state index contributed by atoms with van der Waals surface area (Å²) in [4.78, 5) is 23.9. The van der Waals surface area contributed by atoms with Crippen LogP contribution < -0.4 is 11.5 Å². The Labute approximate surface area is 182 Å². The van der Waals surface area contributed by atoms with E-state index in [0.717, 1.165) is 35.5 Å². The molecule has 7 nitrogen and oxygen atoms in total. The molecule has 0 unspecified atom stereocenters. The van der Waals surface area contributed by atoms with Crippen molar-refractivity contribution in [1.82, 2.24) is 0 Å². The first-order chi connectivity index (χ1) is 15.0. The number of ether oxygens (including phenoxy) is 2. The number of carboxylic acids is 1. The van der Waals surface area contributed by atoms with Crippen molar-refractivity contribution in [3.05, 3.63) is 59.7 Å². The zero-order valence-electron chi connectivity index (χ0n) is 17.6. The lowest BCUT2D eigenvalue weighted by Gasteiger charge is -2.23. The summed E-state index contributed by atoms with van der Waals surface area (Å²) in [5.74, 6) is -2.47.